The van der Waals surface area contributed by atoms with E-state index in [2.05, 4.69) is 32.8 Å². The van der Waals surface area contributed by atoms with Gasteiger partial charge in [-0.15, -0.1) is 0 Å². The number of carbonyl (C=O) groups is 2. The summed E-state index contributed by atoms with van der Waals surface area (Å²) in [4.78, 5) is 39.9. The van der Waals surface area contributed by atoms with Gasteiger partial charge >= 0.3 is 0 Å². The molecule has 3 aliphatic rings. The van der Waals surface area contributed by atoms with Crippen molar-refractivity contribution >= 4 is 23.5 Å². The molecule has 3 aliphatic heterocycles. The molecule has 8 nitrogen and oxygen atoms in total. The van der Waals surface area contributed by atoms with E-state index in [4.69, 9.17) is 5.73 Å². The van der Waals surface area contributed by atoms with Crippen molar-refractivity contribution in [2.75, 3.05) is 49.1 Å². The minimum atomic E-state index is -0.237. The van der Waals surface area contributed by atoms with Gasteiger partial charge in [-0.2, -0.15) is 0 Å². The Bertz CT molecular complexity index is 756. The van der Waals surface area contributed by atoms with Gasteiger partial charge in [-0.05, 0) is 44.4 Å². The SMILES string of the molecule is CC1CCCN(c2cc(N3CCC(C(=O)N4CCC(C(N)=O)CC4)CC3)ncn2)C1. The molecule has 164 valence electrons. The van der Waals surface area contributed by atoms with Crippen molar-refractivity contribution in [3.05, 3.63) is 12.4 Å². The average molecular weight is 415 g/mol. The van der Waals surface area contributed by atoms with Crippen LogP contribution in [0.15, 0.2) is 12.4 Å². The lowest BCUT2D eigenvalue weighted by Crippen LogP contribution is -2.47. The van der Waals surface area contributed by atoms with E-state index in [1.165, 1.54) is 12.8 Å². The third-order valence-electron chi connectivity index (χ3n) is 7.00. The van der Waals surface area contributed by atoms with Crippen molar-refractivity contribution in [1.29, 1.82) is 0 Å². The van der Waals surface area contributed by atoms with Crippen LogP contribution in [0.4, 0.5) is 11.6 Å². The summed E-state index contributed by atoms with van der Waals surface area (Å²) < 4.78 is 0. The summed E-state index contributed by atoms with van der Waals surface area (Å²) in [6, 6.07) is 2.11. The summed E-state index contributed by atoms with van der Waals surface area (Å²) in [5.41, 5.74) is 5.41. The van der Waals surface area contributed by atoms with E-state index >= 15 is 0 Å². The highest BCUT2D eigenvalue weighted by molar-refractivity contribution is 5.80. The molecule has 2 amide bonds. The van der Waals surface area contributed by atoms with Crippen LogP contribution in [-0.2, 0) is 9.59 Å². The van der Waals surface area contributed by atoms with Gasteiger partial charge in [-0.1, -0.05) is 6.92 Å². The number of rotatable bonds is 4. The Balaban J connectivity index is 1.31. The van der Waals surface area contributed by atoms with E-state index < -0.39 is 0 Å². The van der Waals surface area contributed by atoms with Crippen LogP contribution < -0.4 is 15.5 Å². The first kappa shape index (κ1) is 20.9. The molecule has 2 N–H and O–H groups in total. The zero-order valence-corrected chi connectivity index (χ0v) is 18.0. The number of aromatic nitrogens is 2. The van der Waals surface area contributed by atoms with Crippen molar-refractivity contribution in [2.45, 2.75) is 45.4 Å². The lowest BCUT2D eigenvalue weighted by atomic mass is 9.92. The lowest BCUT2D eigenvalue weighted by Gasteiger charge is -2.37. The van der Waals surface area contributed by atoms with Gasteiger partial charge in [0.2, 0.25) is 11.8 Å². The van der Waals surface area contributed by atoms with Crippen molar-refractivity contribution < 1.29 is 9.59 Å². The molecule has 4 heterocycles. The van der Waals surface area contributed by atoms with Crippen LogP contribution in [0.3, 0.4) is 0 Å². The Morgan fingerprint density at radius 2 is 1.53 bits per heavy atom. The highest BCUT2D eigenvalue weighted by Gasteiger charge is 2.32. The van der Waals surface area contributed by atoms with Crippen LogP contribution in [-0.4, -0.2) is 66.0 Å². The van der Waals surface area contributed by atoms with Gasteiger partial charge in [-0.25, -0.2) is 9.97 Å². The number of carbonyl (C=O) groups excluding carboxylic acids is 2. The maximum Gasteiger partial charge on any atom is 0.225 e. The molecule has 0 radical (unpaired) electrons. The zero-order valence-electron chi connectivity index (χ0n) is 18.0. The monoisotopic (exact) mass is 414 g/mol. The molecule has 0 aromatic carbocycles. The number of piperidine rings is 3. The van der Waals surface area contributed by atoms with E-state index in [1.807, 2.05) is 4.90 Å². The van der Waals surface area contributed by atoms with Crippen molar-refractivity contribution in [3.63, 3.8) is 0 Å². The van der Waals surface area contributed by atoms with E-state index in [0.717, 1.165) is 50.7 Å². The van der Waals surface area contributed by atoms with E-state index in [1.54, 1.807) is 6.33 Å². The topological polar surface area (TPSA) is 95.7 Å². The second-order valence-electron chi connectivity index (χ2n) is 9.19. The maximum atomic E-state index is 12.9. The van der Waals surface area contributed by atoms with Crippen LogP contribution in [0, 0.1) is 17.8 Å². The molecule has 1 atom stereocenters. The second kappa shape index (κ2) is 9.18. The molecule has 0 aliphatic carbocycles. The number of nitrogens with zero attached hydrogens (tertiary/aromatic N) is 5. The molecule has 0 spiro atoms. The third-order valence-corrected chi connectivity index (χ3v) is 7.00. The summed E-state index contributed by atoms with van der Waals surface area (Å²) in [6.07, 6.45) is 7.24. The standard InChI is InChI=1S/C22H34N6O2/c1-16-3-2-8-28(14-16)20-13-19(24-15-25-20)26-9-6-18(7-10-26)22(30)27-11-4-17(5-12-27)21(23)29/h13,15-18H,2-12,14H2,1H3,(H2,23,29). The third kappa shape index (κ3) is 4.68. The van der Waals surface area contributed by atoms with Crippen molar-refractivity contribution in [3.8, 4) is 0 Å². The number of hydrogen-bond donors (Lipinski definition) is 1. The predicted molar refractivity (Wildman–Crippen MR) is 116 cm³/mol. The highest BCUT2D eigenvalue weighted by Crippen LogP contribution is 2.28. The maximum absolute atomic E-state index is 12.9. The molecule has 0 saturated carbocycles. The summed E-state index contributed by atoms with van der Waals surface area (Å²) >= 11 is 0. The first-order valence-electron chi connectivity index (χ1n) is 11.4. The minimum Gasteiger partial charge on any atom is -0.369 e. The smallest absolute Gasteiger partial charge is 0.225 e. The van der Waals surface area contributed by atoms with E-state index in [-0.39, 0.29) is 23.7 Å². The summed E-state index contributed by atoms with van der Waals surface area (Å²) in [5, 5.41) is 0. The predicted octanol–water partition coefficient (Wildman–Crippen LogP) is 1.65. The Labute approximate surface area is 178 Å². The van der Waals surface area contributed by atoms with Gasteiger partial charge < -0.3 is 20.4 Å². The Hall–Kier alpha value is -2.38. The molecule has 1 aromatic rings. The largest absolute Gasteiger partial charge is 0.369 e. The molecule has 1 unspecified atom stereocenters. The normalized spacial score (nSPS) is 24.2. The van der Waals surface area contributed by atoms with Crippen LogP contribution in [0.2, 0.25) is 0 Å². The molecule has 1 aromatic heterocycles. The molecule has 3 saturated heterocycles. The van der Waals surface area contributed by atoms with Crippen LogP contribution >= 0.6 is 0 Å². The Morgan fingerprint density at radius 1 is 0.900 bits per heavy atom. The Morgan fingerprint density at radius 3 is 2.17 bits per heavy atom. The van der Waals surface area contributed by atoms with Crippen LogP contribution in [0.1, 0.15) is 45.4 Å². The fourth-order valence-electron chi connectivity index (χ4n) is 5.08. The molecular formula is C22H34N6O2. The summed E-state index contributed by atoms with van der Waals surface area (Å²) in [5.74, 6) is 2.67. The fraction of sp³-hybridized carbons (Fsp3) is 0.727. The highest BCUT2D eigenvalue weighted by atomic mass is 16.2. The van der Waals surface area contributed by atoms with Gasteiger partial charge in [0.1, 0.15) is 18.0 Å². The van der Waals surface area contributed by atoms with Crippen LogP contribution in [0.25, 0.3) is 0 Å². The summed E-state index contributed by atoms with van der Waals surface area (Å²) in [7, 11) is 0. The first-order chi connectivity index (χ1) is 14.5. The molecule has 3 fully saturated rings. The molecule has 8 heteroatoms. The lowest BCUT2D eigenvalue weighted by molar-refractivity contribution is -0.139. The van der Waals surface area contributed by atoms with E-state index in [9.17, 15) is 9.59 Å². The summed E-state index contributed by atoms with van der Waals surface area (Å²) in [6.45, 7) is 7.38. The average Bonchev–Trinajstić information content (AvgIpc) is 2.79. The molecule has 30 heavy (non-hydrogen) atoms. The van der Waals surface area contributed by atoms with Gasteiger partial charge in [-0.3, -0.25) is 9.59 Å². The molecule has 4 rings (SSSR count). The number of amides is 2. The van der Waals surface area contributed by atoms with Crippen LogP contribution in [0.5, 0.6) is 0 Å². The van der Waals surface area contributed by atoms with Crippen molar-refractivity contribution in [2.24, 2.45) is 23.5 Å². The fourth-order valence-corrected chi connectivity index (χ4v) is 5.08. The number of primary amides is 1. The van der Waals surface area contributed by atoms with Crippen molar-refractivity contribution in [1.82, 2.24) is 14.9 Å². The quantitative estimate of drug-likeness (QED) is 0.805. The van der Waals surface area contributed by atoms with Gasteiger partial charge in [0, 0.05) is 57.2 Å². The first-order valence-corrected chi connectivity index (χ1v) is 11.4. The van der Waals surface area contributed by atoms with Gasteiger partial charge in [0.05, 0.1) is 0 Å². The van der Waals surface area contributed by atoms with Gasteiger partial charge in [0.15, 0.2) is 0 Å². The number of anilines is 2. The van der Waals surface area contributed by atoms with E-state index in [0.29, 0.717) is 31.8 Å². The second-order valence-corrected chi connectivity index (χ2v) is 9.19. The Kier molecular flexibility index (Phi) is 6.39. The number of likely N-dealkylation sites (tertiary alicyclic amines) is 1. The number of hydrogen-bond acceptors (Lipinski definition) is 6. The van der Waals surface area contributed by atoms with Gasteiger partial charge in [0.25, 0.3) is 0 Å². The molecular weight excluding hydrogens is 380 g/mol. The molecule has 0 bridgehead atoms. The zero-order chi connectivity index (χ0) is 21.1. The number of nitrogens with two attached hydrogens (primary N) is 1. The minimum absolute atomic E-state index is 0.0654.